The van der Waals surface area contributed by atoms with Crippen LogP contribution in [-0.2, 0) is 9.53 Å². The van der Waals surface area contributed by atoms with E-state index in [1.807, 2.05) is 0 Å². The van der Waals surface area contributed by atoms with Crippen LogP contribution in [0.5, 0.6) is 5.75 Å². The minimum atomic E-state index is -0.634. The predicted molar refractivity (Wildman–Crippen MR) is 81.1 cm³/mol. The number of amides is 2. The van der Waals surface area contributed by atoms with Gasteiger partial charge in [-0.1, -0.05) is 12.1 Å². The van der Waals surface area contributed by atoms with Gasteiger partial charge in [0, 0.05) is 5.70 Å². The Kier molecular flexibility index (Phi) is 4.12. The molecule has 6 nitrogen and oxygen atoms in total. The van der Waals surface area contributed by atoms with Crippen molar-refractivity contribution in [3.8, 4) is 5.75 Å². The number of nitrogens with one attached hydrogen (secondary N) is 2. The van der Waals surface area contributed by atoms with Crippen LogP contribution >= 0.6 is 0 Å². The molecular formula is C16H20N2O4. The quantitative estimate of drug-likeness (QED) is 0.732. The molecule has 1 aliphatic heterocycles. The number of esters is 1. The molecule has 0 bridgehead atoms. The Balaban J connectivity index is 2.41. The van der Waals surface area contributed by atoms with E-state index in [0.717, 1.165) is 0 Å². The Morgan fingerprint density at radius 3 is 2.36 bits per heavy atom. The van der Waals surface area contributed by atoms with Crippen LogP contribution in [-0.4, -0.2) is 22.7 Å². The largest absolute Gasteiger partial charge is 0.508 e. The zero-order chi connectivity index (χ0) is 16.5. The van der Waals surface area contributed by atoms with Crippen molar-refractivity contribution in [3.05, 3.63) is 41.1 Å². The second kappa shape index (κ2) is 5.71. The van der Waals surface area contributed by atoms with Crippen LogP contribution in [0.3, 0.4) is 0 Å². The average molecular weight is 304 g/mol. The maximum absolute atomic E-state index is 12.5. The summed E-state index contributed by atoms with van der Waals surface area (Å²) in [5, 5.41) is 14.7. The number of ether oxygens (including phenoxy) is 1. The number of phenols is 1. The molecule has 0 radical (unpaired) electrons. The van der Waals surface area contributed by atoms with E-state index >= 15 is 0 Å². The molecule has 1 atom stereocenters. The highest BCUT2D eigenvalue weighted by atomic mass is 16.6. The molecule has 22 heavy (non-hydrogen) atoms. The topological polar surface area (TPSA) is 87.7 Å². The van der Waals surface area contributed by atoms with Gasteiger partial charge in [0.15, 0.2) is 0 Å². The number of allylic oxidation sites excluding steroid dienone is 1. The first-order valence-corrected chi connectivity index (χ1v) is 6.98. The summed E-state index contributed by atoms with van der Waals surface area (Å²) in [4.78, 5) is 24.2. The third kappa shape index (κ3) is 3.58. The van der Waals surface area contributed by atoms with Crippen molar-refractivity contribution in [2.45, 2.75) is 39.3 Å². The van der Waals surface area contributed by atoms with Crippen LogP contribution in [0.2, 0.25) is 0 Å². The van der Waals surface area contributed by atoms with Crippen molar-refractivity contribution in [1.29, 1.82) is 0 Å². The highest BCUT2D eigenvalue weighted by Crippen LogP contribution is 2.29. The monoisotopic (exact) mass is 304 g/mol. The molecule has 3 N–H and O–H groups in total. The summed E-state index contributed by atoms with van der Waals surface area (Å²) in [6.45, 7) is 7.01. The van der Waals surface area contributed by atoms with E-state index in [2.05, 4.69) is 10.6 Å². The van der Waals surface area contributed by atoms with Crippen molar-refractivity contribution < 1.29 is 19.4 Å². The van der Waals surface area contributed by atoms with Crippen molar-refractivity contribution in [3.63, 3.8) is 0 Å². The smallest absolute Gasteiger partial charge is 0.338 e. The molecule has 0 fully saturated rings. The van der Waals surface area contributed by atoms with Crippen LogP contribution in [0, 0.1) is 0 Å². The predicted octanol–water partition coefficient (Wildman–Crippen LogP) is 2.36. The molecule has 0 saturated carbocycles. The molecule has 1 aromatic rings. The fourth-order valence-electron chi connectivity index (χ4n) is 2.21. The summed E-state index contributed by atoms with van der Waals surface area (Å²) in [5.74, 6) is -0.376. The number of rotatable bonds is 2. The molecule has 1 aliphatic rings. The number of carbonyl (C=O) groups is 2. The van der Waals surface area contributed by atoms with E-state index in [0.29, 0.717) is 16.8 Å². The van der Waals surface area contributed by atoms with Crippen molar-refractivity contribution in [2.75, 3.05) is 0 Å². The SMILES string of the molecule is CC1=C(C(=O)OC(C)(C)C)C(c2ccc(O)cc2)NC(=O)N1. The van der Waals surface area contributed by atoms with Crippen molar-refractivity contribution in [1.82, 2.24) is 10.6 Å². The molecule has 1 unspecified atom stereocenters. The van der Waals surface area contributed by atoms with Crippen molar-refractivity contribution >= 4 is 12.0 Å². The summed E-state index contributed by atoms with van der Waals surface area (Å²) in [6.07, 6.45) is 0. The average Bonchev–Trinajstić information content (AvgIpc) is 2.36. The van der Waals surface area contributed by atoms with Crippen LogP contribution in [0.1, 0.15) is 39.3 Å². The summed E-state index contributed by atoms with van der Waals surface area (Å²) in [6, 6.07) is 5.32. The molecule has 1 aromatic carbocycles. The molecule has 1 heterocycles. The van der Waals surface area contributed by atoms with E-state index < -0.39 is 17.6 Å². The maximum atomic E-state index is 12.5. The fraction of sp³-hybridized carbons (Fsp3) is 0.375. The summed E-state index contributed by atoms with van der Waals surface area (Å²) in [5.41, 5.74) is 0.856. The number of carbonyl (C=O) groups excluding carboxylic acids is 2. The Hall–Kier alpha value is -2.50. The van der Waals surface area contributed by atoms with Gasteiger partial charge in [-0.25, -0.2) is 9.59 Å². The van der Waals surface area contributed by atoms with Gasteiger partial charge in [-0.2, -0.15) is 0 Å². The molecule has 2 rings (SSSR count). The van der Waals surface area contributed by atoms with Gasteiger partial charge in [-0.15, -0.1) is 0 Å². The number of phenolic OH excluding ortho intramolecular Hbond substituents is 1. The van der Waals surface area contributed by atoms with Crippen LogP contribution < -0.4 is 10.6 Å². The lowest BCUT2D eigenvalue weighted by Crippen LogP contribution is -2.46. The highest BCUT2D eigenvalue weighted by molar-refractivity contribution is 5.95. The minimum absolute atomic E-state index is 0.114. The lowest BCUT2D eigenvalue weighted by atomic mass is 9.95. The molecule has 0 saturated heterocycles. The summed E-state index contributed by atoms with van der Waals surface area (Å²) in [7, 11) is 0. The normalized spacial score (nSPS) is 18.5. The van der Waals surface area contributed by atoms with E-state index in [1.165, 1.54) is 12.1 Å². The van der Waals surface area contributed by atoms with E-state index in [4.69, 9.17) is 4.74 Å². The van der Waals surface area contributed by atoms with Gasteiger partial charge < -0.3 is 20.5 Å². The molecular weight excluding hydrogens is 284 g/mol. The standard InChI is InChI=1S/C16H20N2O4/c1-9-12(14(20)22-16(2,3)4)13(18-15(21)17-9)10-5-7-11(19)8-6-10/h5-8,13,19H,1-4H3,(H2,17,18,21). The number of benzene rings is 1. The molecule has 6 heteroatoms. The van der Waals surface area contributed by atoms with Gasteiger partial charge in [0.05, 0.1) is 11.6 Å². The number of urea groups is 1. The first-order valence-electron chi connectivity index (χ1n) is 6.98. The molecule has 2 amide bonds. The van der Waals surface area contributed by atoms with E-state index in [9.17, 15) is 14.7 Å². The van der Waals surface area contributed by atoms with E-state index in [-0.39, 0.29) is 11.8 Å². The van der Waals surface area contributed by atoms with Crippen LogP contribution in [0.25, 0.3) is 0 Å². The lowest BCUT2D eigenvalue weighted by Gasteiger charge is -2.30. The van der Waals surface area contributed by atoms with Gasteiger partial charge in [0.1, 0.15) is 11.4 Å². The third-order valence-corrected chi connectivity index (χ3v) is 3.11. The minimum Gasteiger partial charge on any atom is -0.508 e. The second-order valence-electron chi connectivity index (χ2n) is 6.16. The zero-order valence-corrected chi connectivity index (χ0v) is 13.1. The molecule has 118 valence electrons. The fourth-order valence-corrected chi connectivity index (χ4v) is 2.21. The lowest BCUT2D eigenvalue weighted by molar-refractivity contribution is -0.150. The van der Waals surface area contributed by atoms with Crippen molar-refractivity contribution in [2.24, 2.45) is 0 Å². The molecule has 0 aliphatic carbocycles. The summed E-state index contributed by atoms with van der Waals surface area (Å²) >= 11 is 0. The Morgan fingerprint density at radius 1 is 1.23 bits per heavy atom. The number of aromatic hydroxyl groups is 1. The Labute approximate surface area is 129 Å². The van der Waals surface area contributed by atoms with Gasteiger partial charge in [-0.3, -0.25) is 0 Å². The van der Waals surface area contributed by atoms with Crippen LogP contribution in [0.4, 0.5) is 4.79 Å². The number of hydrogen-bond donors (Lipinski definition) is 3. The van der Waals surface area contributed by atoms with Gasteiger partial charge in [-0.05, 0) is 45.4 Å². The van der Waals surface area contributed by atoms with Crippen LogP contribution in [0.15, 0.2) is 35.5 Å². The second-order valence-corrected chi connectivity index (χ2v) is 6.16. The zero-order valence-electron chi connectivity index (χ0n) is 13.1. The maximum Gasteiger partial charge on any atom is 0.338 e. The van der Waals surface area contributed by atoms with Gasteiger partial charge in [0.25, 0.3) is 0 Å². The number of hydrogen-bond acceptors (Lipinski definition) is 4. The highest BCUT2D eigenvalue weighted by Gasteiger charge is 2.33. The van der Waals surface area contributed by atoms with E-state index in [1.54, 1.807) is 39.8 Å². The first-order chi connectivity index (χ1) is 10.2. The van der Waals surface area contributed by atoms with Gasteiger partial charge >= 0.3 is 12.0 Å². The Morgan fingerprint density at radius 2 is 1.82 bits per heavy atom. The summed E-state index contributed by atoms with van der Waals surface area (Å²) < 4.78 is 5.42. The van der Waals surface area contributed by atoms with Gasteiger partial charge in [0.2, 0.25) is 0 Å². The third-order valence-electron chi connectivity index (χ3n) is 3.11. The first kappa shape index (κ1) is 15.9. The molecule has 0 spiro atoms. The Bertz CT molecular complexity index is 627. The molecule has 0 aromatic heterocycles.